The summed E-state index contributed by atoms with van der Waals surface area (Å²) in [4.78, 5) is 26.4. The topological polar surface area (TPSA) is 124 Å². The smallest absolute Gasteiger partial charge is 0.258 e. The van der Waals surface area contributed by atoms with E-state index in [9.17, 15) is 20.2 Å². The fraction of sp³-hybridized carbons (Fsp3) is 0.0435. The maximum Gasteiger partial charge on any atom is 0.269 e. The number of nitrogens with zero attached hydrogens (tertiary/aromatic N) is 4. The number of hydrazone groups is 1. The molecule has 0 bridgehead atoms. The molecule has 164 valence electrons. The molecule has 33 heavy (non-hydrogen) atoms. The number of hydrogen-bond acceptors (Lipinski definition) is 8. The zero-order chi connectivity index (χ0) is 23.4. The Morgan fingerprint density at radius 1 is 0.848 bits per heavy atom. The molecule has 0 unspecified atom stereocenters. The molecule has 0 spiro atoms. The van der Waals surface area contributed by atoms with Gasteiger partial charge in [-0.25, -0.2) is 4.98 Å². The van der Waals surface area contributed by atoms with Crippen LogP contribution in [0.4, 0.5) is 16.5 Å². The molecule has 1 N–H and O–H groups in total. The number of benzene rings is 3. The molecular weight excluding hydrogens is 442 g/mol. The third-order valence-electron chi connectivity index (χ3n) is 4.77. The van der Waals surface area contributed by atoms with E-state index in [0.29, 0.717) is 10.7 Å². The fourth-order valence-corrected chi connectivity index (χ4v) is 3.99. The summed E-state index contributed by atoms with van der Waals surface area (Å²) in [6.45, 7) is 2.00. The Bertz CT molecular complexity index is 1330. The SMILES string of the molecule is Cc1ccc(-c2nc(N/N=C\c3ccc([N+](=O)[O-])cc3)sc2-c2ccc([N+](=O)[O-])cc2)cc1. The maximum atomic E-state index is 11.0. The number of non-ortho nitro benzene ring substituents is 2. The number of rotatable bonds is 7. The van der Waals surface area contributed by atoms with Crippen LogP contribution in [0.25, 0.3) is 21.7 Å². The van der Waals surface area contributed by atoms with E-state index in [1.165, 1.54) is 35.6 Å². The van der Waals surface area contributed by atoms with E-state index in [0.717, 1.165) is 27.3 Å². The van der Waals surface area contributed by atoms with Crippen molar-refractivity contribution in [3.63, 3.8) is 0 Å². The summed E-state index contributed by atoms with van der Waals surface area (Å²) < 4.78 is 0. The van der Waals surface area contributed by atoms with Crippen molar-refractivity contribution in [1.82, 2.24) is 4.98 Å². The minimum absolute atomic E-state index is 0.00973. The lowest BCUT2D eigenvalue weighted by atomic mass is 10.1. The quantitative estimate of drug-likeness (QED) is 0.204. The van der Waals surface area contributed by atoms with Gasteiger partial charge in [-0.3, -0.25) is 25.7 Å². The first-order valence-corrected chi connectivity index (χ1v) is 10.6. The summed E-state index contributed by atoms with van der Waals surface area (Å²) in [6.07, 6.45) is 1.54. The summed E-state index contributed by atoms with van der Waals surface area (Å²) in [5, 5.41) is 26.5. The number of nitro groups is 2. The van der Waals surface area contributed by atoms with E-state index in [4.69, 9.17) is 0 Å². The number of aromatic nitrogens is 1. The van der Waals surface area contributed by atoms with Crippen LogP contribution >= 0.6 is 11.3 Å². The van der Waals surface area contributed by atoms with E-state index >= 15 is 0 Å². The summed E-state index contributed by atoms with van der Waals surface area (Å²) in [5.41, 5.74) is 7.21. The fourth-order valence-electron chi connectivity index (χ4n) is 3.05. The van der Waals surface area contributed by atoms with Crippen molar-refractivity contribution < 1.29 is 9.85 Å². The Morgan fingerprint density at radius 2 is 1.39 bits per heavy atom. The monoisotopic (exact) mass is 459 g/mol. The van der Waals surface area contributed by atoms with Crippen LogP contribution in [-0.4, -0.2) is 21.0 Å². The summed E-state index contributed by atoms with van der Waals surface area (Å²) in [7, 11) is 0. The zero-order valence-electron chi connectivity index (χ0n) is 17.3. The van der Waals surface area contributed by atoms with Gasteiger partial charge in [-0.2, -0.15) is 5.10 Å². The lowest BCUT2D eigenvalue weighted by molar-refractivity contribution is -0.385. The zero-order valence-corrected chi connectivity index (χ0v) is 18.2. The molecule has 4 rings (SSSR count). The van der Waals surface area contributed by atoms with Crippen LogP contribution in [0.2, 0.25) is 0 Å². The Labute approximate surface area is 192 Å². The van der Waals surface area contributed by atoms with Gasteiger partial charge in [0.25, 0.3) is 11.4 Å². The number of nitrogens with one attached hydrogen (secondary N) is 1. The minimum Gasteiger partial charge on any atom is -0.258 e. The maximum absolute atomic E-state index is 11.0. The molecule has 1 aromatic heterocycles. The van der Waals surface area contributed by atoms with Gasteiger partial charge in [0.2, 0.25) is 5.13 Å². The molecule has 1 heterocycles. The van der Waals surface area contributed by atoms with E-state index in [-0.39, 0.29) is 11.4 Å². The Morgan fingerprint density at radius 3 is 1.97 bits per heavy atom. The van der Waals surface area contributed by atoms with Gasteiger partial charge in [0.05, 0.1) is 26.6 Å². The van der Waals surface area contributed by atoms with Crippen molar-refractivity contribution in [2.45, 2.75) is 6.92 Å². The molecule has 4 aromatic rings. The molecule has 0 aliphatic rings. The van der Waals surface area contributed by atoms with E-state index in [1.807, 2.05) is 31.2 Å². The molecule has 3 aromatic carbocycles. The standard InChI is InChI=1S/C23H17N5O4S/c1-15-2-6-17(7-3-15)21-22(18-8-12-20(13-9-18)28(31)32)33-23(25-21)26-24-14-16-4-10-19(11-5-16)27(29)30/h2-14H,1H3,(H,25,26)/b24-14-. The predicted molar refractivity (Wildman–Crippen MR) is 129 cm³/mol. The van der Waals surface area contributed by atoms with E-state index in [2.05, 4.69) is 15.5 Å². The van der Waals surface area contributed by atoms with E-state index in [1.54, 1.807) is 30.5 Å². The third kappa shape index (κ3) is 5.08. The van der Waals surface area contributed by atoms with Gasteiger partial charge in [0, 0.05) is 29.8 Å². The average Bonchev–Trinajstić information content (AvgIpc) is 3.24. The summed E-state index contributed by atoms with van der Waals surface area (Å²) >= 11 is 1.37. The number of nitro benzene ring substituents is 2. The highest BCUT2D eigenvalue weighted by atomic mass is 32.1. The second kappa shape index (κ2) is 9.37. The van der Waals surface area contributed by atoms with Crippen LogP contribution in [0.5, 0.6) is 0 Å². The van der Waals surface area contributed by atoms with Gasteiger partial charge < -0.3 is 0 Å². The molecule has 0 saturated heterocycles. The van der Waals surface area contributed by atoms with Crippen LogP contribution in [-0.2, 0) is 0 Å². The number of anilines is 1. The van der Waals surface area contributed by atoms with Crippen molar-refractivity contribution in [2.75, 3.05) is 5.43 Å². The third-order valence-corrected chi connectivity index (χ3v) is 5.78. The Balaban J connectivity index is 1.63. The first-order valence-electron chi connectivity index (χ1n) is 9.77. The van der Waals surface area contributed by atoms with Crippen molar-refractivity contribution in [3.05, 3.63) is 104 Å². The lowest BCUT2D eigenvalue weighted by Crippen LogP contribution is -1.91. The van der Waals surface area contributed by atoms with Gasteiger partial charge in [0.15, 0.2) is 0 Å². The van der Waals surface area contributed by atoms with Crippen molar-refractivity contribution >= 4 is 34.1 Å². The molecular formula is C23H17N5O4S. The highest BCUT2D eigenvalue weighted by molar-refractivity contribution is 7.19. The molecule has 0 aliphatic heterocycles. The molecule has 0 radical (unpaired) electrons. The van der Waals surface area contributed by atoms with Crippen molar-refractivity contribution in [3.8, 4) is 21.7 Å². The minimum atomic E-state index is -0.457. The first-order chi connectivity index (χ1) is 15.9. The second-order valence-electron chi connectivity index (χ2n) is 7.09. The van der Waals surface area contributed by atoms with Crippen LogP contribution in [0.15, 0.2) is 77.9 Å². The van der Waals surface area contributed by atoms with Crippen LogP contribution in [0, 0.1) is 27.2 Å². The Hall–Kier alpha value is -4.44. The number of hydrogen-bond donors (Lipinski definition) is 1. The first kappa shape index (κ1) is 21.8. The van der Waals surface area contributed by atoms with E-state index < -0.39 is 9.85 Å². The second-order valence-corrected chi connectivity index (χ2v) is 8.08. The molecule has 0 fully saturated rings. The highest BCUT2D eigenvalue weighted by Crippen LogP contribution is 2.39. The van der Waals surface area contributed by atoms with Crippen LogP contribution in [0.3, 0.4) is 0 Å². The molecule has 10 heteroatoms. The number of aryl methyl sites for hydroxylation is 1. The van der Waals surface area contributed by atoms with Crippen LogP contribution in [0.1, 0.15) is 11.1 Å². The van der Waals surface area contributed by atoms with Crippen LogP contribution < -0.4 is 5.43 Å². The lowest BCUT2D eigenvalue weighted by Gasteiger charge is -2.03. The van der Waals surface area contributed by atoms with Gasteiger partial charge in [-0.1, -0.05) is 41.2 Å². The highest BCUT2D eigenvalue weighted by Gasteiger charge is 2.16. The molecule has 0 aliphatic carbocycles. The average molecular weight is 459 g/mol. The normalized spacial score (nSPS) is 10.9. The molecule has 9 nitrogen and oxygen atoms in total. The van der Waals surface area contributed by atoms with Gasteiger partial charge in [-0.15, -0.1) is 0 Å². The Kier molecular flexibility index (Phi) is 6.18. The summed E-state index contributed by atoms with van der Waals surface area (Å²) in [6, 6.07) is 20.3. The van der Waals surface area contributed by atoms with Crippen molar-refractivity contribution in [2.24, 2.45) is 5.10 Å². The van der Waals surface area contributed by atoms with Gasteiger partial charge in [-0.05, 0) is 42.3 Å². The molecule has 0 amide bonds. The molecule has 0 atom stereocenters. The van der Waals surface area contributed by atoms with Gasteiger partial charge >= 0.3 is 0 Å². The van der Waals surface area contributed by atoms with Gasteiger partial charge in [0.1, 0.15) is 0 Å². The number of thiazole rings is 1. The largest absolute Gasteiger partial charge is 0.269 e. The molecule has 0 saturated carbocycles. The van der Waals surface area contributed by atoms with Crippen molar-refractivity contribution in [1.29, 1.82) is 0 Å². The predicted octanol–water partition coefficient (Wildman–Crippen LogP) is 6.05. The summed E-state index contributed by atoms with van der Waals surface area (Å²) in [5.74, 6) is 0.